The summed E-state index contributed by atoms with van der Waals surface area (Å²) in [6, 6.07) is 0. The standard InChI is InChI=1S/C15H24FN5O/c1-2-12-13(16)15(20-10-19-12)18-6-4-8-21-7-3-5-11(9-21)14(17)22/h10-11H,2-9H2,1H3,(H2,17,22)(H,18,19,20). The van der Waals surface area contributed by atoms with Gasteiger partial charge in [-0.05, 0) is 38.8 Å². The van der Waals surface area contributed by atoms with Gasteiger partial charge in [0.2, 0.25) is 5.91 Å². The van der Waals surface area contributed by atoms with Crippen molar-refractivity contribution in [1.29, 1.82) is 0 Å². The molecule has 0 spiro atoms. The van der Waals surface area contributed by atoms with Crippen LogP contribution < -0.4 is 11.1 Å². The molecule has 0 radical (unpaired) electrons. The monoisotopic (exact) mass is 309 g/mol. The number of nitrogens with zero attached hydrogens (tertiary/aromatic N) is 3. The Labute approximate surface area is 130 Å². The Bertz CT molecular complexity index is 511. The highest BCUT2D eigenvalue weighted by Crippen LogP contribution is 2.16. The Hall–Kier alpha value is -1.76. The summed E-state index contributed by atoms with van der Waals surface area (Å²) in [5.74, 6) is -0.344. The topological polar surface area (TPSA) is 84.1 Å². The Morgan fingerprint density at radius 2 is 2.36 bits per heavy atom. The summed E-state index contributed by atoms with van der Waals surface area (Å²) in [4.78, 5) is 21.3. The number of aryl methyl sites for hydroxylation is 1. The molecule has 7 heteroatoms. The van der Waals surface area contributed by atoms with E-state index in [0.29, 0.717) is 18.7 Å². The van der Waals surface area contributed by atoms with E-state index in [1.165, 1.54) is 6.33 Å². The van der Waals surface area contributed by atoms with Crippen LogP contribution in [0.4, 0.5) is 10.2 Å². The third-order valence-electron chi connectivity index (χ3n) is 4.05. The summed E-state index contributed by atoms with van der Waals surface area (Å²) in [6.45, 7) is 5.09. The van der Waals surface area contributed by atoms with Crippen molar-refractivity contribution in [2.24, 2.45) is 11.7 Å². The van der Waals surface area contributed by atoms with Gasteiger partial charge in [-0.1, -0.05) is 6.92 Å². The van der Waals surface area contributed by atoms with E-state index in [1.54, 1.807) is 0 Å². The lowest BCUT2D eigenvalue weighted by atomic mass is 9.97. The second kappa shape index (κ2) is 8.03. The molecule has 1 unspecified atom stereocenters. The third kappa shape index (κ3) is 4.37. The lowest BCUT2D eigenvalue weighted by Crippen LogP contribution is -2.41. The van der Waals surface area contributed by atoms with Crippen LogP contribution >= 0.6 is 0 Å². The maximum Gasteiger partial charge on any atom is 0.221 e. The van der Waals surface area contributed by atoms with Crippen molar-refractivity contribution in [3.8, 4) is 0 Å². The van der Waals surface area contributed by atoms with Crippen molar-refractivity contribution in [3.63, 3.8) is 0 Å². The molecule has 6 nitrogen and oxygen atoms in total. The SMILES string of the molecule is CCc1ncnc(NCCCN2CCCC(C(N)=O)C2)c1F. The van der Waals surface area contributed by atoms with E-state index in [2.05, 4.69) is 20.2 Å². The van der Waals surface area contributed by atoms with Crippen LogP contribution in [0.2, 0.25) is 0 Å². The minimum atomic E-state index is -0.364. The molecule has 1 atom stereocenters. The summed E-state index contributed by atoms with van der Waals surface area (Å²) in [7, 11) is 0. The largest absolute Gasteiger partial charge is 0.369 e. The first kappa shape index (κ1) is 16.6. The molecule has 0 bridgehead atoms. The van der Waals surface area contributed by atoms with Gasteiger partial charge in [0.05, 0.1) is 11.6 Å². The first-order valence-electron chi connectivity index (χ1n) is 7.86. The van der Waals surface area contributed by atoms with Crippen LogP contribution in [0.1, 0.15) is 31.9 Å². The van der Waals surface area contributed by atoms with Crippen molar-refractivity contribution in [2.45, 2.75) is 32.6 Å². The van der Waals surface area contributed by atoms with Crippen LogP contribution in [0.3, 0.4) is 0 Å². The third-order valence-corrected chi connectivity index (χ3v) is 4.05. The smallest absolute Gasteiger partial charge is 0.221 e. The van der Waals surface area contributed by atoms with E-state index in [1.807, 2.05) is 6.92 Å². The van der Waals surface area contributed by atoms with Gasteiger partial charge in [-0.15, -0.1) is 0 Å². The zero-order valence-corrected chi connectivity index (χ0v) is 13.0. The number of hydrogen-bond donors (Lipinski definition) is 2. The molecule has 2 rings (SSSR count). The quantitative estimate of drug-likeness (QED) is 0.739. The average Bonchev–Trinajstić information content (AvgIpc) is 2.53. The molecule has 1 aliphatic rings. The van der Waals surface area contributed by atoms with Gasteiger partial charge in [0.1, 0.15) is 6.33 Å². The highest BCUT2D eigenvalue weighted by atomic mass is 19.1. The number of hydrogen-bond acceptors (Lipinski definition) is 5. The van der Waals surface area contributed by atoms with E-state index in [-0.39, 0.29) is 23.5 Å². The lowest BCUT2D eigenvalue weighted by molar-refractivity contribution is -0.123. The van der Waals surface area contributed by atoms with Gasteiger partial charge in [0.25, 0.3) is 0 Å². The molecule has 1 amide bonds. The van der Waals surface area contributed by atoms with Crippen LogP contribution in [0.25, 0.3) is 0 Å². The molecular weight excluding hydrogens is 285 g/mol. The fourth-order valence-electron chi connectivity index (χ4n) is 2.78. The van der Waals surface area contributed by atoms with Crippen LogP contribution in [0.15, 0.2) is 6.33 Å². The molecule has 3 N–H and O–H groups in total. The van der Waals surface area contributed by atoms with Gasteiger partial charge in [0, 0.05) is 13.1 Å². The maximum absolute atomic E-state index is 13.9. The highest BCUT2D eigenvalue weighted by Gasteiger charge is 2.23. The van der Waals surface area contributed by atoms with Crippen LogP contribution in [0.5, 0.6) is 0 Å². The molecule has 1 aromatic rings. The minimum Gasteiger partial charge on any atom is -0.369 e. The van der Waals surface area contributed by atoms with Gasteiger partial charge >= 0.3 is 0 Å². The summed E-state index contributed by atoms with van der Waals surface area (Å²) in [5.41, 5.74) is 5.80. The zero-order chi connectivity index (χ0) is 15.9. The fourth-order valence-corrected chi connectivity index (χ4v) is 2.78. The van der Waals surface area contributed by atoms with Crippen LogP contribution in [-0.4, -0.2) is 47.0 Å². The van der Waals surface area contributed by atoms with E-state index in [0.717, 1.165) is 38.9 Å². The predicted molar refractivity (Wildman–Crippen MR) is 82.8 cm³/mol. The first-order valence-corrected chi connectivity index (χ1v) is 7.86. The molecule has 22 heavy (non-hydrogen) atoms. The molecular formula is C15H24FN5O. The molecule has 0 saturated carbocycles. The molecule has 122 valence electrons. The van der Waals surface area contributed by atoms with Gasteiger partial charge in [-0.2, -0.15) is 0 Å². The van der Waals surface area contributed by atoms with E-state index < -0.39 is 0 Å². The van der Waals surface area contributed by atoms with Crippen LogP contribution in [-0.2, 0) is 11.2 Å². The van der Waals surface area contributed by atoms with Crippen molar-refractivity contribution >= 4 is 11.7 Å². The number of anilines is 1. The highest BCUT2D eigenvalue weighted by molar-refractivity contribution is 5.76. The number of primary amides is 1. The van der Waals surface area contributed by atoms with Crippen molar-refractivity contribution in [3.05, 3.63) is 17.8 Å². The van der Waals surface area contributed by atoms with E-state index in [9.17, 15) is 9.18 Å². The fraction of sp³-hybridized carbons (Fsp3) is 0.667. The molecule has 1 aliphatic heterocycles. The predicted octanol–water partition coefficient (Wildman–Crippen LogP) is 1.18. The minimum absolute atomic E-state index is 0.0341. The molecule has 1 fully saturated rings. The summed E-state index contributed by atoms with van der Waals surface area (Å²) in [5, 5.41) is 3.02. The first-order chi connectivity index (χ1) is 10.6. The zero-order valence-electron chi connectivity index (χ0n) is 13.0. The molecule has 1 aromatic heterocycles. The number of likely N-dealkylation sites (tertiary alicyclic amines) is 1. The van der Waals surface area contributed by atoms with Gasteiger partial charge < -0.3 is 16.0 Å². The number of carbonyl (C=O) groups excluding carboxylic acids is 1. The van der Waals surface area contributed by atoms with Gasteiger partial charge in [0.15, 0.2) is 11.6 Å². The van der Waals surface area contributed by atoms with Crippen molar-refractivity contribution in [2.75, 3.05) is 31.5 Å². The van der Waals surface area contributed by atoms with E-state index >= 15 is 0 Å². The van der Waals surface area contributed by atoms with Crippen molar-refractivity contribution < 1.29 is 9.18 Å². The summed E-state index contributed by atoms with van der Waals surface area (Å²) < 4.78 is 13.9. The average molecular weight is 309 g/mol. The second-order valence-electron chi connectivity index (χ2n) is 5.66. The Morgan fingerprint density at radius 3 is 3.09 bits per heavy atom. The Kier molecular flexibility index (Phi) is 6.06. The number of amides is 1. The number of nitrogens with one attached hydrogen (secondary N) is 1. The van der Waals surface area contributed by atoms with E-state index in [4.69, 9.17) is 5.73 Å². The molecule has 1 saturated heterocycles. The lowest BCUT2D eigenvalue weighted by Gasteiger charge is -2.31. The number of halogens is 1. The summed E-state index contributed by atoms with van der Waals surface area (Å²) in [6.07, 6.45) is 4.67. The Morgan fingerprint density at radius 1 is 1.55 bits per heavy atom. The number of piperidine rings is 1. The summed E-state index contributed by atoms with van der Waals surface area (Å²) >= 11 is 0. The Balaban J connectivity index is 1.74. The van der Waals surface area contributed by atoms with Crippen molar-refractivity contribution in [1.82, 2.24) is 14.9 Å². The molecule has 0 aromatic carbocycles. The molecule has 2 heterocycles. The number of rotatable bonds is 7. The normalized spacial score (nSPS) is 19.1. The number of nitrogens with two attached hydrogens (primary N) is 1. The number of carbonyl (C=O) groups is 1. The van der Waals surface area contributed by atoms with Gasteiger partial charge in [-0.3, -0.25) is 4.79 Å². The number of aromatic nitrogens is 2. The second-order valence-corrected chi connectivity index (χ2v) is 5.66. The maximum atomic E-state index is 13.9. The molecule has 0 aliphatic carbocycles. The van der Waals surface area contributed by atoms with Gasteiger partial charge in [-0.25, -0.2) is 14.4 Å². The van der Waals surface area contributed by atoms with Crippen LogP contribution in [0, 0.1) is 11.7 Å².